The van der Waals surface area contributed by atoms with Gasteiger partial charge in [-0.2, -0.15) is 0 Å². The SMILES string of the molecule is CC(C)(C)Nc1nc(Cl)nc2scc(-c3ccc(F)cc3)c12. The highest BCUT2D eigenvalue weighted by atomic mass is 35.5. The molecule has 0 spiro atoms. The Morgan fingerprint density at radius 3 is 2.45 bits per heavy atom. The fourth-order valence-electron chi connectivity index (χ4n) is 2.20. The third-order valence-electron chi connectivity index (χ3n) is 3.05. The maximum Gasteiger partial charge on any atom is 0.225 e. The molecule has 0 saturated carbocycles. The second-order valence-electron chi connectivity index (χ2n) is 6.05. The lowest BCUT2D eigenvalue weighted by Crippen LogP contribution is -2.26. The largest absolute Gasteiger partial charge is 0.365 e. The zero-order valence-electron chi connectivity index (χ0n) is 12.4. The van der Waals surface area contributed by atoms with Crippen LogP contribution in [0.1, 0.15) is 20.8 Å². The van der Waals surface area contributed by atoms with E-state index in [9.17, 15) is 4.39 Å². The minimum absolute atomic E-state index is 0.160. The molecule has 0 atom stereocenters. The lowest BCUT2D eigenvalue weighted by Gasteiger charge is -2.22. The Kier molecular flexibility index (Phi) is 3.78. The summed E-state index contributed by atoms with van der Waals surface area (Å²) in [5.41, 5.74) is 1.74. The van der Waals surface area contributed by atoms with Crippen LogP contribution in [0.3, 0.4) is 0 Å². The molecule has 0 fully saturated rings. The lowest BCUT2D eigenvalue weighted by molar-refractivity contribution is 0.628. The molecule has 2 heterocycles. The van der Waals surface area contributed by atoms with Crippen LogP contribution in [-0.2, 0) is 0 Å². The third-order valence-corrected chi connectivity index (χ3v) is 4.10. The summed E-state index contributed by atoms with van der Waals surface area (Å²) in [5, 5.41) is 6.49. The molecule has 114 valence electrons. The number of benzene rings is 1. The molecule has 6 heteroatoms. The Morgan fingerprint density at radius 1 is 1.14 bits per heavy atom. The molecule has 0 aliphatic rings. The molecule has 3 rings (SSSR count). The quantitative estimate of drug-likeness (QED) is 0.640. The van der Waals surface area contributed by atoms with E-state index in [1.807, 2.05) is 5.38 Å². The summed E-state index contributed by atoms with van der Waals surface area (Å²) in [6, 6.07) is 6.41. The van der Waals surface area contributed by atoms with Crippen LogP contribution in [0.25, 0.3) is 21.3 Å². The van der Waals surface area contributed by atoms with Crippen molar-refractivity contribution in [3.8, 4) is 11.1 Å². The van der Waals surface area contributed by atoms with Crippen molar-refractivity contribution in [2.75, 3.05) is 5.32 Å². The van der Waals surface area contributed by atoms with Crippen molar-refractivity contribution in [2.45, 2.75) is 26.3 Å². The van der Waals surface area contributed by atoms with Gasteiger partial charge in [-0.3, -0.25) is 0 Å². The summed E-state index contributed by atoms with van der Waals surface area (Å²) in [7, 11) is 0. The van der Waals surface area contributed by atoms with Gasteiger partial charge in [-0.15, -0.1) is 11.3 Å². The number of nitrogens with one attached hydrogen (secondary N) is 1. The summed E-state index contributed by atoms with van der Waals surface area (Å²) in [5.74, 6) is 0.443. The maximum absolute atomic E-state index is 13.1. The molecule has 2 aromatic heterocycles. The molecule has 0 radical (unpaired) electrons. The second-order valence-corrected chi connectivity index (χ2v) is 7.25. The fourth-order valence-corrected chi connectivity index (χ4v) is 3.37. The van der Waals surface area contributed by atoms with Crippen LogP contribution in [0.5, 0.6) is 0 Å². The summed E-state index contributed by atoms with van der Waals surface area (Å²) in [6.45, 7) is 6.16. The molecule has 0 unspecified atom stereocenters. The highest BCUT2D eigenvalue weighted by Crippen LogP contribution is 2.38. The topological polar surface area (TPSA) is 37.8 Å². The van der Waals surface area contributed by atoms with Gasteiger partial charge in [-0.25, -0.2) is 14.4 Å². The first-order chi connectivity index (χ1) is 10.3. The molecule has 0 saturated heterocycles. The molecule has 0 bridgehead atoms. The highest BCUT2D eigenvalue weighted by molar-refractivity contribution is 7.17. The van der Waals surface area contributed by atoms with E-state index in [0.29, 0.717) is 5.82 Å². The first-order valence-corrected chi connectivity index (χ1v) is 8.08. The molecular formula is C16H15ClFN3S. The van der Waals surface area contributed by atoms with Gasteiger partial charge in [0.1, 0.15) is 16.5 Å². The van der Waals surface area contributed by atoms with Crippen LogP contribution in [0.2, 0.25) is 5.28 Å². The number of hydrogen-bond donors (Lipinski definition) is 1. The third kappa shape index (κ3) is 3.05. The summed E-state index contributed by atoms with van der Waals surface area (Å²) in [6.07, 6.45) is 0. The number of thiophene rings is 1. The van der Waals surface area contributed by atoms with Crippen molar-refractivity contribution in [2.24, 2.45) is 0 Å². The summed E-state index contributed by atoms with van der Waals surface area (Å²) in [4.78, 5) is 9.44. The van der Waals surface area contributed by atoms with E-state index in [2.05, 4.69) is 36.1 Å². The first-order valence-electron chi connectivity index (χ1n) is 6.82. The van der Waals surface area contributed by atoms with Gasteiger partial charge in [-0.05, 0) is 50.1 Å². The Bertz CT molecular complexity index is 822. The van der Waals surface area contributed by atoms with Crippen LogP contribution in [0.15, 0.2) is 29.6 Å². The van der Waals surface area contributed by atoms with Crippen molar-refractivity contribution >= 4 is 39.0 Å². The van der Waals surface area contributed by atoms with Gasteiger partial charge >= 0.3 is 0 Å². The van der Waals surface area contributed by atoms with E-state index in [1.54, 1.807) is 12.1 Å². The van der Waals surface area contributed by atoms with Crippen molar-refractivity contribution in [3.05, 3.63) is 40.7 Å². The van der Waals surface area contributed by atoms with Gasteiger partial charge in [0.05, 0.1) is 5.39 Å². The number of halogens is 2. The number of rotatable bonds is 2. The van der Waals surface area contributed by atoms with E-state index < -0.39 is 0 Å². The number of aromatic nitrogens is 2. The molecule has 1 aromatic carbocycles. The van der Waals surface area contributed by atoms with Crippen molar-refractivity contribution in [3.63, 3.8) is 0 Å². The van der Waals surface area contributed by atoms with Gasteiger partial charge in [0, 0.05) is 16.5 Å². The Balaban J connectivity index is 2.22. The first kappa shape index (κ1) is 15.2. The predicted molar refractivity (Wildman–Crippen MR) is 91.2 cm³/mol. The maximum atomic E-state index is 13.1. The Morgan fingerprint density at radius 2 is 1.82 bits per heavy atom. The van der Waals surface area contributed by atoms with Crippen molar-refractivity contribution < 1.29 is 4.39 Å². The van der Waals surface area contributed by atoms with Gasteiger partial charge in [-0.1, -0.05) is 12.1 Å². The minimum Gasteiger partial charge on any atom is -0.365 e. The molecule has 0 aliphatic heterocycles. The zero-order valence-corrected chi connectivity index (χ0v) is 14.0. The normalized spacial score (nSPS) is 11.9. The highest BCUT2D eigenvalue weighted by Gasteiger charge is 2.18. The zero-order chi connectivity index (χ0) is 15.9. The van der Waals surface area contributed by atoms with Gasteiger partial charge < -0.3 is 5.32 Å². The van der Waals surface area contributed by atoms with Gasteiger partial charge in [0.15, 0.2) is 0 Å². The average molecular weight is 336 g/mol. The number of anilines is 1. The van der Waals surface area contributed by atoms with Crippen molar-refractivity contribution in [1.82, 2.24) is 9.97 Å². The Labute approximate surface area is 137 Å². The van der Waals surface area contributed by atoms with Crippen molar-refractivity contribution in [1.29, 1.82) is 0 Å². The van der Waals surface area contributed by atoms with E-state index in [1.165, 1.54) is 23.5 Å². The molecule has 22 heavy (non-hydrogen) atoms. The predicted octanol–water partition coefficient (Wildman–Crippen LogP) is 5.36. The lowest BCUT2D eigenvalue weighted by atomic mass is 10.0. The minimum atomic E-state index is -0.254. The average Bonchev–Trinajstić information content (AvgIpc) is 2.81. The van der Waals surface area contributed by atoms with E-state index in [-0.39, 0.29) is 16.6 Å². The van der Waals surface area contributed by atoms with Gasteiger partial charge in [0.2, 0.25) is 5.28 Å². The standard InChI is InChI=1S/C16H15ClFN3S/c1-16(2,3)21-13-12-11(9-4-6-10(18)7-5-9)8-22-14(12)20-15(17)19-13/h4-8H,1-3H3,(H,19,20,21). The summed E-state index contributed by atoms with van der Waals surface area (Å²) >= 11 is 7.52. The second kappa shape index (κ2) is 5.48. The molecule has 3 nitrogen and oxygen atoms in total. The van der Waals surface area contributed by atoms with E-state index in [0.717, 1.165) is 21.3 Å². The van der Waals surface area contributed by atoms with Gasteiger partial charge in [0.25, 0.3) is 0 Å². The fraction of sp³-hybridized carbons (Fsp3) is 0.250. The van der Waals surface area contributed by atoms with E-state index >= 15 is 0 Å². The molecule has 3 aromatic rings. The van der Waals surface area contributed by atoms with Crippen LogP contribution < -0.4 is 5.32 Å². The molecule has 0 amide bonds. The summed E-state index contributed by atoms with van der Waals surface area (Å²) < 4.78 is 13.1. The van der Waals surface area contributed by atoms with E-state index in [4.69, 9.17) is 11.6 Å². The number of nitrogens with zero attached hydrogens (tertiary/aromatic N) is 2. The molecule has 0 aliphatic carbocycles. The van der Waals surface area contributed by atoms with Crippen LogP contribution >= 0.6 is 22.9 Å². The Hall–Kier alpha value is -1.72. The monoisotopic (exact) mass is 335 g/mol. The van der Waals surface area contributed by atoms with Crippen LogP contribution in [0.4, 0.5) is 10.2 Å². The number of fused-ring (bicyclic) bond motifs is 1. The smallest absolute Gasteiger partial charge is 0.225 e. The number of hydrogen-bond acceptors (Lipinski definition) is 4. The molecule has 1 N–H and O–H groups in total. The molecular weight excluding hydrogens is 321 g/mol. The van der Waals surface area contributed by atoms with Crippen LogP contribution in [0, 0.1) is 5.82 Å². The van der Waals surface area contributed by atoms with Crippen LogP contribution in [-0.4, -0.2) is 15.5 Å².